The molecule has 0 atom stereocenters. The molecule has 3 heteroatoms. The normalized spacial score (nSPS) is 16.6. The van der Waals surface area contributed by atoms with Crippen LogP contribution in [0.2, 0.25) is 0 Å². The zero-order valence-electron chi connectivity index (χ0n) is 13.3. The molecule has 3 rings (SSSR count). The van der Waals surface area contributed by atoms with E-state index in [4.69, 9.17) is 0 Å². The Balaban J connectivity index is 1.74. The number of carbonyl (C=O) groups excluding carboxylic acids is 1. The van der Waals surface area contributed by atoms with Crippen LogP contribution in [-0.2, 0) is 5.41 Å². The van der Waals surface area contributed by atoms with Gasteiger partial charge in [0, 0.05) is 22.4 Å². The van der Waals surface area contributed by atoms with Gasteiger partial charge in [-0.05, 0) is 49.8 Å². The summed E-state index contributed by atoms with van der Waals surface area (Å²) in [5.41, 5.74) is 3.20. The molecule has 1 aliphatic rings. The lowest BCUT2D eigenvalue weighted by molar-refractivity contribution is 0.0943. The molecule has 1 N–H and O–H groups in total. The summed E-state index contributed by atoms with van der Waals surface area (Å²) in [5.74, 6) is 0.0559. The second-order valence-electron chi connectivity index (χ2n) is 6.47. The number of hydrogen-bond acceptors (Lipinski definition) is 2. The molecule has 1 aliphatic carbocycles. The van der Waals surface area contributed by atoms with E-state index < -0.39 is 0 Å². The highest BCUT2D eigenvalue weighted by molar-refractivity contribution is 7.10. The van der Waals surface area contributed by atoms with Gasteiger partial charge in [0.25, 0.3) is 5.91 Å². The first-order valence-corrected chi connectivity index (χ1v) is 8.88. The van der Waals surface area contributed by atoms with Crippen molar-refractivity contribution in [1.82, 2.24) is 5.32 Å². The van der Waals surface area contributed by atoms with Crippen LogP contribution in [-0.4, -0.2) is 12.5 Å². The van der Waals surface area contributed by atoms with Crippen molar-refractivity contribution in [3.63, 3.8) is 0 Å². The maximum atomic E-state index is 12.5. The topological polar surface area (TPSA) is 29.1 Å². The van der Waals surface area contributed by atoms with Gasteiger partial charge in [-0.15, -0.1) is 11.3 Å². The third-order valence-electron chi connectivity index (χ3n) is 4.82. The Hall–Kier alpha value is -1.61. The molecule has 1 heterocycles. The Bertz CT molecular complexity index is 654. The molecule has 116 valence electrons. The number of thiophene rings is 1. The van der Waals surface area contributed by atoms with Crippen LogP contribution in [0, 0.1) is 13.8 Å². The van der Waals surface area contributed by atoms with Gasteiger partial charge in [-0.3, -0.25) is 4.79 Å². The summed E-state index contributed by atoms with van der Waals surface area (Å²) in [4.78, 5) is 14.0. The van der Waals surface area contributed by atoms with Crippen molar-refractivity contribution in [3.05, 3.63) is 57.3 Å². The zero-order chi connectivity index (χ0) is 15.6. The number of aryl methyl sites for hydroxylation is 2. The van der Waals surface area contributed by atoms with Gasteiger partial charge in [0.2, 0.25) is 0 Å². The van der Waals surface area contributed by atoms with E-state index in [1.807, 2.05) is 30.4 Å². The second-order valence-corrected chi connectivity index (χ2v) is 7.41. The standard InChI is InChI=1S/C19H23NOS/c1-14-7-8-16(15(2)12-14)18(21)20-13-19(9-3-4-10-19)17-6-5-11-22-17/h5-8,11-12H,3-4,9-10,13H2,1-2H3,(H,20,21). The van der Waals surface area contributed by atoms with Crippen molar-refractivity contribution in [3.8, 4) is 0 Å². The summed E-state index contributed by atoms with van der Waals surface area (Å²) in [6.45, 7) is 4.81. The molecule has 0 aliphatic heterocycles. The van der Waals surface area contributed by atoms with Crippen molar-refractivity contribution in [2.45, 2.75) is 44.9 Å². The number of benzene rings is 1. The largest absolute Gasteiger partial charge is 0.351 e. The van der Waals surface area contributed by atoms with Gasteiger partial charge >= 0.3 is 0 Å². The highest BCUT2D eigenvalue weighted by atomic mass is 32.1. The van der Waals surface area contributed by atoms with Gasteiger partial charge in [0.15, 0.2) is 0 Å². The summed E-state index contributed by atoms with van der Waals surface area (Å²) in [7, 11) is 0. The lowest BCUT2D eigenvalue weighted by atomic mass is 9.84. The molecule has 0 saturated heterocycles. The smallest absolute Gasteiger partial charge is 0.251 e. The van der Waals surface area contributed by atoms with Crippen molar-refractivity contribution in [1.29, 1.82) is 0 Å². The molecule has 0 radical (unpaired) electrons. The summed E-state index contributed by atoms with van der Waals surface area (Å²) in [5, 5.41) is 5.34. The lowest BCUT2D eigenvalue weighted by Crippen LogP contribution is -2.38. The summed E-state index contributed by atoms with van der Waals surface area (Å²) in [6, 6.07) is 10.4. The van der Waals surface area contributed by atoms with Gasteiger partial charge < -0.3 is 5.32 Å². The molecule has 2 nitrogen and oxygen atoms in total. The van der Waals surface area contributed by atoms with E-state index >= 15 is 0 Å². The Labute approximate surface area is 136 Å². The monoisotopic (exact) mass is 313 g/mol. The van der Waals surface area contributed by atoms with Crippen LogP contribution >= 0.6 is 11.3 Å². The van der Waals surface area contributed by atoms with Crippen LogP contribution in [0.15, 0.2) is 35.7 Å². The lowest BCUT2D eigenvalue weighted by Gasteiger charge is -2.28. The minimum atomic E-state index is 0.0559. The average Bonchev–Trinajstić information content (AvgIpc) is 3.17. The summed E-state index contributed by atoms with van der Waals surface area (Å²) >= 11 is 1.82. The number of amides is 1. The number of carbonyl (C=O) groups is 1. The fraction of sp³-hybridized carbons (Fsp3) is 0.421. The molecule has 0 spiro atoms. The van der Waals surface area contributed by atoms with Crippen LogP contribution in [0.4, 0.5) is 0 Å². The van der Waals surface area contributed by atoms with Crippen LogP contribution in [0.5, 0.6) is 0 Å². The molecule has 1 aromatic carbocycles. The fourth-order valence-corrected chi connectivity index (χ4v) is 4.54. The molecule has 22 heavy (non-hydrogen) atoms. The van der Waals surface area contributed by atoms with E-state index in [0.29, 0.717) is 0 Å². The minimum Gasteiger partial charge on any atom is -0.351 e. The van der Waals surface area contributed by atoms with Gasteiger partial charge in [0.05, 0.1) is 0 Å². The molecule has 1 amide bonds. The van der Waals surface area contributed by atoms with Crippen LogP contribution in [0.25, 0.3) is 0 Å². The van der Waals surface area contributed by atoms with Crippen molar-refractivity contribution >= 4 is 17.2 Å². The van der Waals surface area contributed by atoms with Gasteiger partial charge in [0.1, 0.15) is 0 Å². The number of nitrogens with one attached hydrogen (secondary N) is 1. The molecule has 0 bridgehead atoms. The van der Waals surface area contributed by atoms with E-state index in [0.717, 1.165) is 17.7 Å². The van der Waals surface area contributed by atoms with E-state index in [1.54, 1.807) is 0 Å². The Morgan fingerprint density at radius 1 is 1.23 bits per heavy atom. The minimum absolute atomic E-state index is 0.0559. The Kier molecular flexibility index (Phi) is 4.34. The zero-order valence-corrected chi connectivity index (χ0v) is 14.1. The molecule has 1 fully saturated rings. The predicted octanol–water partition coefficient (Wildman–Crippen LogP) is 4.61. The Morgan fingerprint density at radius 2 is 2.00 bits per heavy atom. The van der Waals surface area contributed by atoms with Crippen LogP contribution < -0.4 is 5.32 Å². The van der Waals surface area contributed by atoms with E-state index in [2.05, 4.69) is 35.8 Å². The van der Waals surface area contributed by atoms with Crippen molar-refractivity contribution in [2.24, 2.45) is 0 Å². The van der Waals surface area contributed by atoms with Crippen molar-refractivity contribution in [2.75, 3.05) is 6.54 Å². The van der Waals surface area contributed by atoms with Crippen LogP contribution in [0.3, 0.4) is 0 Å². The average molecular weight is 313 g/mol. The van der Waals surface area contributed by atoms with Gasteiger partial charge in [-0.1, -0.05) is 36.6 Å². The van der Waals surface area contributed by atoms with E-state index in [-0.39, 0.29) is 11.3 Å². The number of rotatable bonds is 4. The molecular formula is C19H23NOS. The van der Waals surface area contributed by atoms with Crippen molar-refractivity contribution < 1.29 is 4.79 Å². The highest BCUT2D eigenvalue weighted by Gasteiger charge is 2.36. The molecule has 1 saturated carbocycles. The maximum absolute atomic E-state index is 12.5. The quantitative estimate of drug-likeness (QED) is 0.877. The van der Waals surface area contributed by atoms with E-state index in [9.17, 15) is 4.79 Å². The molecule has 0 unspecified atom stereocenters. The number of hydrogen-bond donors (Lipinski definition) is 1. The highest BCUT2D eigenvalue weighted by Crippen LogP contribution is 2.42. The first kappa shape index (κ1) is 15.3. The third kappa shape index (κ3) is 2.95. The first-order valence-electron chi connectivity index (χ1n) is 8.00. The van der Waals surface area contributed by atoms with Crippen LogP contribution in [0.1, 0.15) is 52.0 Å². The van der Waals surface area contributed by atoms with Gasteiger partial charge in [-0.2, -0.15) is 0 Å². The first-order chi connectivity index (χ1) is 10.6. The molecule has 1 aromatic heterocycles. The molecule has 2 aromatic rings. The van der Waals surface area contributed by atoms with Gasteiger partial charge in [-0.25, -0.2) is 0 Å². The summed E-state index contributed by atoms with van der Waals surface area (Å²) in [6.07, 6.45) is 4.88. The molecular weight excluding hydrogens is 290 g/mol. The summed E-state index contributed by atoms with van der Waals surface area (Å²) < 4.78 is 0. The predicted molar refractivity (Wildman–Crippen MR) is 92.7 cm³/mol. The van der Waals surface area contributed by atoms with E-state index in [1.165, 1.54) is 36.1 Å². The Morgan fingerprint density at radius 3 is 2.64 bits per heavy atom. The fourth-order valence-electron chi connectivity index (χ4n) is 3.56. The SMILES string of the molecule is Cc1ccc(C(=O)NCC2(c3cccs3)CCCC2)c(C)c1. The second kappa shape index (κ2) is 6.25. The maximum Gasteiger partial charge on any atom is 0.251 e. The third-order valence-corrected chi connectivity index (χ3v) is 5.93.